The minimum atomic E-state index is -0.555. The second kappa shape index (κ2) is 13.3. The number of nitrogens with one attached hydrogen (secondary N) is 2. The fraction of sp³-hybridized carbons (Fsp3) is 0.273. The molecular formula is C33H32N4O7S. The van der Waals surface area contributed by atoms with E-state index in [-0.39, 0.29) is 50.0 Å². The van der Waals surface area contributed by atoms with Crippen LogP contribution in [0.2, 0.25) is 0 Å². The van der Waals surface area contributed by atoms with Gasteiger partial charge < -0.3 is 34.5 Å². The molecular weight excluding hydrogens is 596 g/mol. The number of likely N-dealkylation sites (tertiary alicyclic amines) is 1. The van der Waals surface area contributed by atoms with Crippen molar-refractivity contribution < 1.29 is 33.3 Å². The van der Waals surface area contributed by atoms with Crippen molar-refractivity contribution in [2.45, 2.75) is 25.1 Å². The molecule has 3 aromatic carbocycles. The number of aromatic nitrogens is 1. The standard InChI is InChI=1S/C33H32N4O7S/c1-41-25-10-22-11-26(13-25)43-18-30(38)34-15-21-8-9-24(14-28(21)42-2)44-29-17-37(16-27(29)36-32(22)40)31(39)12-23-19-45-33(35-23)20-6-4-3-5-7-20/h3-11,13-14,19,27,29H,12,15-18H2,1-2H3,(H,34,38)(H,36,40)/t27-,29-/m0/s1. The summed E-state index contributed by atoms with van der Waals surface area (Å²) in [5.74, 6) is 0.863. The molecule has 4 heterocycles. The third kappa shape index (κ3) is 7.01. The summed E-state index contributed by atoms with van der Waals surface area (Å²) in [6, 6.07) is 19.3. The van der Waals surface area contributed by atoms with Gasteiger partial charge in [0.05, 0.1) is 38.9 Å². The lowest BCUT2D eigenvalue weighted by Crippen LogP contribution is -2.45. The van der Waals surface area contributed by atoms with Crippen molar-refractivity contribution in [2.75, 3.05) is 33.9 Å². The van der Waals surface area contributed by atoms with Crippen LogP contribution in [0, 0.1) is 0 Å². The van der Waals surface area contributed by atoms with Crippen LogP contribution in [0.3, 0.4) is 0 Å². The number of rotatable bonds is 5. The van der Waals surface area contributed by atoms with Gasteiger partial charge in [0.1, 0.15) is 34.1 Å². The molecule has 0 unspecified atom stereocenters. The highest BCUT2D eigenvalue weighted by Gasteiger charge is 2.38. The molecule has 2 atom stereocenters. The van der Waals surface area contributed by atoms with Crippen molar-refractivity contribution in [3.05, 3.63) is 88.9 Å². The number of fused-ring (bicyclic) bond motifs is 7. The largest absolute Gasteiger partial charge is 0.497 e. The molecule has 1 aromatic heterocycles. The molecule has 0 aliphatic carbocycles. The van der Waals surface area contributed by atoms with Crippen molar-refractivity contribution >= 4 is 29.1 Å². The van der Waals surface area contributed by atoms with E-state index in [0.717, 1.165) is 16.1 Å². The van der Waals surface area contributed by atoms with E-state index in [2.05, 4.69) is 15.6 Å². The molecule has 1 fully saturated rings. The van der Waals surface area contributed by atoms with E-state index < -0.39 is 18.1 Å². The first-order valence-electron chi connectivity index (χ1n) is 14.4. The van der Waals surface area contributed by atoms with E-state index in [1.54, 1.807) is 41.3 Å². The van der Waals surface area contributed by atoms with Gasteiger partial charge in [0.25, 0.3) is 11.8 Å². The number of benzene rings is 3. The van der Waals surface area contributed by atoms with Crippen molar-refractivity contribution in [1.82, 2.24) is 20.5 Å². The van der Waals surface area contributed by atoms with E-state index in [9.17, 15) is 14.4 Å². The number of thiazole rings is 1. The highest BCUT2D eigenvalue weighted by Crippen LogP contribution is 2.29. The first-order valence-corrected chi connectivity index (χ1v) is 15.3. The second-order valence-corrected chi connectivity index (χ2v) is 11.5. The number of ether oxygens (including phenoxy) is 4. The average Bonchev–Trinajstić information content (AvgIpc) is 3.70. The number of amides is 3. The maximum absolute atomic E-state index is 13.5. The van der Waals surface area contributed by atoms with E-state index in [0.29, 0.717) is 28.7 Å². The Kier molecular flexibility index (Phi) is 8.83. The molecule has 1 saturated heterocycles. The summed E-state index contributed by atoms with van der Waals surface area (Å²) in [6.45, 7) is 0.454. The summed E-state index contributed by atoms with van der Waals surface area (Å²) >= 11 is 1.50. The van der Waals surface area contributed by atoms with Crippen molar-refractivity contribution in [1.29, 1.82) is 0 Å². The van der Waals surface area contributed by atoms with Crippen LogP contribution >= 0.6 is 11.3 Å². The van der Waals surface area contributed by atoms with Crippen LogP contribution in [-0.4, -0.2) is 73.7 Å². The number of methoxy groups -OCH3 is 2. The second-order valence-electron chi connectivity index (χ2n) is 10.7. The highest BCUT2D eigenvalue weighted by molar-refractivity contribution is 7.13. The number of carbonyl (C=O) groups is 3. The average molecular weight is 629 g/mol. The lowest BCUT2D eigenvalue weighted by molar-refractivity contribution is -0.129. The van der Waals surface area contributed by atoms with Gasteiger partial charge in [-0.25, -0.2) is 4.98 Å². The molecule has 11 nitrogen and oxygen atoms in total. The lowest BCUT2D eigenvalue weighted by atomic mass is 10.1. The van der Waals surface area contributed by atoms with Gasteiger partial charge in [0.15, 0.2) is 6.61 Å². The summed E-state index contributed by atoms with van der Waals surface area (Å²) < 4.78 is 23.0. The molecule has 4 bridgehead atoms. The number of hydrogen-bond acceptors (Lipinski definition) is 9. The Labute approximate surface area is 264 Å². The van der Waals surface area contributed by atoms with Crippen LogP contribution in [-0.2, 0) is 22.6 Å². The Hall–Kier alpha value is -5.10. The molecule has 0 spiro atoms. The highest BCUT2D eigenvalue weighted by atomic mass is 32.1. The Morgan fingerprint density at radius 2 is 1.84 bits per heavy atom. The van der Waals surface area contributed by atoms with Gasteiger partial charge in [0.2, 0.25) is 5.91 Å². The van der Waals surface area contributed by atoms with Gasteiger partial charge in [-0.2, -0.15) is 0 Å². The number of hydrogen-bond donors (Lipinski definition) is 2. The third-order valence-corrected chi connectivity index (χ3v) is 8.55. The zero-order valence-corrected chi connectivity index (χ0v) is 25.6. The Bertz CT molecular complexity index is 1710. The Morgan fingerprint density at radius 1 is 1.00 bits per heavy atom. The predicted octanol–water partition coefficient (Wildman–Crippen LogP) is 3.47. The van der Waals surface area contributed by atoms with Gasteiger partial charge in [-0.05, 0) is 24.3 Å². The quantitative estimate of drug-likeness (QED) is 0.344. The smallest absolute Gasteiger partial charge is 0.258 e. The van der Waals surface area contributed by atoms with Gasteiger partial charge in [0, 0.05) is 47.3 Å². The minimum Gasteiger partial charge on any atom is -0.497 e. The normalized spacial score (nSPS) is 18.1. The summed E-state index contributed by atoms with van der Waals surface area (Å²) in [4.78, 5) is 45.9. The van der Waals surface area contributed by atoms with Crippen molar-refractivity contribution in [3.63, 3.8) is 0 Å². The zero-order chi connectivity index (χ0) is 31.3. The molecule has 0 saturated carbocycles. The summed E-state index contributed by atoms with van der Waals surface area (Å²) in [5.41, 5.74) is 2.71. The molecule has 3 aliphatic heterocycles. The Morgan fingerprint density at radius 3 is 2.64 bits per heavy atom. The monoisotopic (exact) mass is 628 g/mol. The van der Waals surface area contributed by atoms with Crippen LogP contribution in [0.5, 0.6) is 23.0 Å². The number of nitrogens with zero attached hydrogens (tertiary/aromatic N) is 2. The van der Waals surface area contributed by atoms with Crippen molar-refractivity contribution in [3.8, 4) is 33.6 Å². The van der Waals surface area contributed by atoms with E-state index >= 15 is 0 Å². The summed E-state index contributed by atoms with van der Waals surface area (Å²) in [5, 5.41) is 8.61. The van der Waals surface area contributed by atoms with Gasteiger partial charge in [-0.15, -0.1) is 11.3 Å². The molecule has 3 amide bonds. The SMILES string of the molecule is COc1cc2cc(c1)C(=O)N[C@H]1CN(C(=O)Cc3csc(-c4ccccc4)n3)C[C@@H]1Oc1ccc(c(OC)c1)CNC(=O)CO2. The predicted molar refractivity (Wildman–Crippen MR) is 167 cm³/mol. The molecule has 4 aromatic rings. The van der Waals surface area contributed by atoms with E-state index in [4.69, 9.17) is 18.9 Å². The van der Waals surface area contributed by atoms with Crippen LogP contribution < -0.4 is 29.6 Å². The molecule has 7 rings (SSSR count). The fourth-order valence-corrected chi connectivity index (χ4v) is 6.10. The van der Waals surface area contributed by atoms with Crippen LogP contribution in [0.1, 0.15) is 21.6 Å². The third-order valence-electron chi connectivity index (χ3n) is 7.61. The van der Waals surface area contributed by atoms with Crippen molar-refractivity contribution in [2.24, 2.45) is 0 Å². The van der Waals surface area contributed by atoms with Gasteiger partial charge in [-0.3, -0.25) is 14.4 Å². The Balaban J connectivity index is 1.26. The van der Waals surface area contributed by atoms with E-state index in [1.165, 1.54) is 25.6 Å². The molecule has 0 radical (unpaired) electrons. The van der Waals surface area contributed by atoms with Crippen LogP contribution in [0.25, 0.3) is 10.6 Å². The maximum atomic E-state index is 13.5. The fourth-order valence-electron chi connectivity index (χ4n) is 5.27. The van der Waals surface area contributed by atoms with Gasteiger partial charge in [-0.1, -0.05) is 30.3 Å². The van der Waals surface area contributed by atoms with Crippen LogP contribution in [0.15, 0.2) is 72.1 Å². The maximum Gasteiger partial charge on any atom is 0.258 e. The summed E-state index contributed by atoms with van der Waals surface area (Å²) in [7, 11) is 3.02. The lowest BCUT2D eigenvalue weighted by Gasteiger charge is -2.22. The molecule has 45 heavy (non-hydrogen) atoms. The van der Waals surface area contributed by atoms with Crippen LogP contribution in [0.4, 0.5) is 0 Å². The van der Waals surface area contributed by atoms with E-state index in [1.807, 2.05) is 35.7 Å². The number of carbonyl (C=O) groups excluding carboxylic acids is 3. The topological polar surface area (TPSA) is 128 Å². The first kappa shape index (κ1) is 29.9. The molecule has 232 valence electrons. The van der Waals surface area contributed by atoms with Gasteiger partial charge >= 0.3 is 0 Å². The first-order chi connectivity index (χ1) is 21.9. The molecule has 12 heteroatoms. The molecule has 2 N–H and O–H groups in total. The zero-order valence-electron chi connectivity index (χ0n) is 24.8. The minimum absolute atomic E-state index is 0.117. The molecule has 3 aliphatic rings. The summed E-state index contributed by atoms with van der Waals surface area (Å²) in [6.07, 6.45) is -0.429.